The summed E-state index contributed by atoms with van der Waals surface area (Å²) < 4.78 is 34.6. The molecule has 4 nitrogen and oxygen atoms in total. The summed E-state index contributed by atoms with van der Waals surface area (Å²) >= 11 is 0. The van der Waals surface area contributed by atoms with Gasteiger partial charge in [0.25, 0.3) is 0 Å². The second-order valence-corrected chi connectivity index (χ2v) is 7.43. The molecule has 0 amide bonds. The van der Waals surface area contributed by atoms with Crippen LogP contribution in [0.3, 0.4) is 0 Å². The first-order chi connectivity index (χ1) is 15.5. The number of benzene rings is 2. The molecule has 0 aliphatic carbocycles. The van der Waals surface area contributed by atoms with Gasteiger partial charge in [-0.05, 0) is 31.7 Å². The Hall–Kier alpha value is -3.38. The molecule has 0 bridgehead atoms. The molecule has 0 saturated carbocycles. The SMILES string of the molecule is C=CCOc1cnc(-c2ccc(-c3ccc(/C=C/CCCC(C)O)c(F)c3F)cc2)nc1. The maximum Gasteiger partial charge on any atom is 0.167 e. The number of rotatable bonds is 10. The van der Waals surface area contributed by atoms with Crippen LogP contribution in [0, 0.1) is 11.6 Å². The largest absolute Gasteiger partial charge is 0.486 e. The maximum absolute atomic E-state index is 14.7. The molecule has 32 heavy (non-hydrogen) atoms. The lowest BCUT2D eigenvalue weighted by Gasteiger charge is -2.08. The van der Waals surface area contributed by atoms with Crippen molar-refractivity contribution in [1.29, 1.82) is 0 Å². The lowest BCUT2D eigenvalue weighted by atomic mass is 10.0. The van der Waals surface area contributed by atoms with Crippen molar-refractivity contribution in [2.45, 2.75) is 32.3 Å². The molecule has 3 rings (SSSR count). The number of hydrogen-bond donors (Lipinski definition) is 1. The average Bonchev–Trinajstić information content (AvgIpc) is 2.80. The van der Waals surface area contributed by atoms with E-state index in [2.05, 4.69) is 16.5 Å². The highest BCUT2D eigenvalue weighted by Crippen LogP contribution is 2.29. The van der Waals surface area contributed by atoms with Crippen LogP contribution in [0.25, 0.3) is 28.6 Å². The minimum atomic E-state index is -0.885. The van der Waals surface area contributed by atoms with Gasteiger partial charge in [-0.25, -0.2) is 18.7 Å². The summed E-state index contributed by atoms with van der Waals surface area (Å²) in [6.45, 7) is 5.69. The van der Waals surface area contributed by atoms with Gasteiger partial charge in [0.1, 0.15) is 6.61 Å². The van der Waals surface area contributed by atoms with Gasteiger partial charge < -0.3 is 9.84 Å². The first-order valence-corrected chi connectivity index (χ1v) is 10.5. The zero-order valence-corrected chi connectivity index (χ0v) is 18.0. The highest BCUT2D eigenvalue weighted by molar-refractivity contribution is 5.70. The van der Waals surface area contributed by atoms with Crippen molar-refractivity contribution >= 4 is 6.08 Å². The fourth-order valence-corrected chi connectivity index (χ4v) is 3.15. The van der Waals surface area contributed by atoms with Gasteiger partial charge in [0.05, 0.1) is 18.5 Å². The average molecular weight is 437 g/mol. The standard InChI is InChI=1S/C26H26F2N2O2/c1-3-15-32-22-16-29-26(30-17-22)21-11-9-19(10-12-21)23-14-13-20(24(27)25(23)28)8-6-4-5-7-18(2)31/h3,6,8-14,16-18,31H,1,4-5,7,15H2,2H3/b8-6+. The summed E-state index contributed by atoms with van der Waals surface area (Å²) in [6.07, 6.45) is 9.96. The van der Waals surface area contributed by atoms with E-state index in [-0.39, 0.29) is 17.2 Å². The lowest BCUT2D eigenvalue weighted by molar-refractivity contribution is 0.182. The zero-order valence-electron chi connectivity index (χ0n) is 18.0. The molecule has 1 heterocycles. The van der Waals surface area contributed by atoms with Crippen molar-refractivity contribution in [3.8, 4) is 28.3 Å². The molecule has 0 saturated heterocycles. The molecular weight excluding hydrogens is 410 g/mol. The second kappa shape index (κ2) is 11.3. The van der Waals surface area contributed by atoms with E-state index in [1.54, 1.807) is 73.9 Å². The Labute approximate surface area is 186 Å². The number of ether oxygens (including phenoxy) is 1. The van der Waals surface area contributed by atoms with Crippen molar-refractivity contribution in [3.63, 3.8) is 0 Å². The van der Waals surface area contributed by atoms with E-state index in [1.165, 1.54) is 0 Å². The van der Waals surface area contributed by atoms with Gasteiger partial charge >= 0.3 is 0 Å². The Morgan fingerprint density at radius 2 is 1.72 bits per heavy atom. The highest BCUT2D eigenvalue weighted by Gasteiger charge is 2.14. The topological polar surface area (TPSA) is 55.2 Å². The number of halogens is 2. The molecule has 6 heteroatoms. The number of aliphatic hydroxyl groups is 1. The summed E-state index contributed by atoms with van der Waals surface area (Å²) in [4.78, 5) is 8.55. The summed E-state index contributed by atoms with van der Waals surface area (Å²) in [5, 5.41) is 9.26. The third-order valence-corrected chi connectivity index (χ3v) is 4.85. The minimum Gasteiger partial charge on any atom is -0.486 e. The van der Waals surface area contributed by atoms with Crippen LogP contribution in [0.15, 0.2) is 67.5 Å². The smallest absolute Gasteiger partial charge is 0.167 e. The van der Waals surface area contributed by atoms with E-state index in [1.807, 2.05) is 0 Å². The number of unbranched alkanes of at least 4 members (excludes halogenated alkanes) is 1. The van der Waals surface area contributed by atoms with Crippen LogP contribution in [0.2, 0.25) is 0 Å². The van der Waals surface area contributed by atoms with Crippen LogP contribution in [0.1, 0.15) is 31.7 Å². The van der Waals surface area contributed by atoms with Gasteiger partial charge in [-0.1, -0.05) is 61.2 Å². The number of aromatic nitrogens is 2. The normalized spacial score (nSPS) is 12.1. The van der Waals surface area contributed by atoms with Gasteiger partial charge in [-0.2, -0.15) is 0 Å². The molecule has 1 unspecified atom stereocenters. The summed E-state index contributed by atoms with van der Waals surface area (Å²) in [7, 11) is 0. The highest BCUT2D eigenvalue weighted by atomic mass is 19.2. The summed E-state index contributed by atoms with van der Waals surface area (Å²) in [5.74, 6) is -0.717. The summed E-state index contributed by atoms with van der Waals surface area (Å²) in [5.41, 5.74) is 1.70. The molecule has 166 valence electrons. The predicted octanol–water partition coefficient (Wildman–Crippen LogP) is 6.22. The van der Waals surface area contributed by atoms with Crippen LogP contribution < -0.4 is 4.74 Å². The van der Waals surface area contributed by atoms with Crippen molar-refractivity contribution in [1.82, 2.24) is 9.97 Å². The Morgan fingerprint density at radius 3 is 2.38 bits per heavy atom. The monoisotopic (exact) mass is 436 g/mol. The Bertz CT molecular complexity index is 1060. The second-order valence-electron chi connectivity index (χ2n) is 7.43. The minimum absolute atomic E-state index is 0.189. The van der Waals surface area contributed by atoms with Crippen LogP contribution in [0.5, 0.6) is 5.75 Å². The number of aliphatic hydroxyl groups excluding tert-OH is 1. The molecule has 1 N–H and O–H groups in total. The number of hydrogen-bond acceptors (Lipinski definition) is 4. The van der Waals surface area contributed by atoms with Crippen molar-refractivity contribution in [2.75, 3.05) is 6.61 Å². The molecule has 0 fully saturated rings. The van der Waals surface area contributed by atoms with Crippen LogP contribution in [0.4, 0.5) is 8.78 Å². The molecule has 0 aliphatic rings. The van der Waals surface area contributed by atoms with Crippen LogP contribution >= 0.6 is 0 Å². The van der Waals surface area contributed by atoms with E-state index < -0.39 is 11.6 Å². The lowest BCUT2D eigenvalue weighted by Crippen LogP contribution is -1.97. The molecule has 1 atom stereocenters. The molecule has 2 aromatic carbocycles. The van der Waals surface area contributed by atoms with Gasteiger partial charge in [0, 0.05) is 16.7 Å². The summed E-state index contributed by atoms with van der Waals surface area (Å²) in [6, 6.07) is 10.1. The Balaban J connectivity index is 1.72. The van der Waals surface area contributed by atoms with E-state index in [4.69, 9.17) is 4.74 Å². The molecule has 0 spiro atoms. The molecular formula is C26H26F2N2O2. The van der Waals surface area contributed by atoms with Gasteiger partial charge in [-0.3, -0.25) is 0 Å². The molecule has 1 aromatic heterocycles. The quantitative estimate of drug-likeness (QED) is 0.303. The van der Waals surface area contributed by atoms with Crippen LogP contribution in [-0.2, 0) is 0 Å². The number of allylic oxidation sites excluding steroid dienone is 1. The van der Waals surface area contributed by atoms with Gasteiger partial charge in [0.15, 0.2) is 23.2 Å². The van der Waals surface area contributed by atoms with Gasteiger partial charge in [0.2, 0.25) is 0 Å². The first-order valence-electron chi connectivity index (χ1n) is 10.5. The zero-order chi connectivity index (χ0) is 22.9. The van der Waals surface area contributed by atoms with Crippen molar-refractivity contribution in [2.24, 2.45) is 0 Å². The van der Waals surface area contributed by atoms with E-state index in [0.717, 1.165) is 12.0 Å². The fraction of sp³-hybridized carbons (Fsp3) is 0.231. The molecule has 3 aromatic rings. The van der Waals surface area contributed by atoms with E-state index in [9.17, 15) is 13.9 Å². The molecule has 0 radical (unpaired) electrons. The van der Waals surface area contributed by atoms with Crippen LogP contribution in [-0.4, -0.2) is 27.8 Å². The maximum atomic E-state index is 14.7. The van der Waals surface area contributed by atoms with Crippen molar-refractivity contribution in [3.05, 3.63) is 84.7 Å². The molecule has 0 aliphatic heterocycles. The van der Waals surface area contributed by atoms with Gasteiger partial charge in [-0.15, -0.1) is 0 Å². The first kappa shape index (κ1) is 23.3. The fourth-order valence-electron chi connectivity index (χ4n) is 3.15. The third kappa shape index (κ3) is 6.08. The van der Waals surface area contributed by atoms with E-state index >= 15 is 0 Å². The predicted molar refractivity (Wildman–Crippen MR) is 123 cm³/mol. The third-order valence-electron chi connectivity index (χ3n) is 4.85. The Morgan fingerprint density at radius 1 is 1.03 bits per heavy atom. The van der Waals surface area contributed by atoms with E-state index in [0.29, 0.717) is 36.6 Å². The Kier molecular flexibility index (Phi) is 8.22. The number of nitrogens with zero attached hydrogens (tertiary/aromatic N) is 2. The van der Waals surface area contributed by atoms with Crippen molar-refractivity contribution < 1.29 is 18.6 Å².